The van der Waals surface area contributed by atoms with E-state index in [2.05, 4.69) is 43.1 Å². The van der Waals surface area contributed by atoms with Gasteiger partial charge in [0.2, 0.25) is 0 Å². The minimum atomic E-state index is -0.815. The number of halogens is 1. The fraction of sp³-hybridized carbons (Fsp3) is 0.500. The molecule has 1 unspecified atom stereocenters. The number of imide groups is 2. The summed E-state index contributed by atoms with van der Waals surface area (Å²) in [7, 11) is 1.96. The third-order valence-corrected chi connectivity index (χ3v) is 10.9. The van der Waals surface area contributed by atoms with Crippen LogP contribution in [0, 0.1) is 23.6 Å². The van der Waals surface area contributed by atoms with E-state index in [1.54, 1.807) is 6.07 Å². The Hall–Kier alpha value is -3.48. The van der Waals surface area contributed by atoms with Crippen molar-refractivity contribution in [2.24, 2.45) is 17.8 Å². The molecule has 4 amide bonds. The van der Waals surface area contributed by atoms with Gasteiger partial charge in [-0.25, -0.2) is 14.1 Å². The number of barbiturate groups is 1. The van der Waals surface area contributed by atoms with E-state index in [9.17, 15) is 14.4 Å². The highest BCUT2D eigenvalue weighted by Crippen LogP contribution is 2.60. The van der Waals surface area contributed by atoms with Crippen molar-refractivity contribution >= 4 is 35.3 Å². The van der Waals surface area contributed by atoms with Crippen LogP contribution in [-0.2, 0) is 15.0 Å². The Balaban J connectivity index is 1.19. The number of nitrogens with one attached hydrogen (secondary N) is 1. The quantitative estimate of drug-likeness (QED) is 0.339. The molecule has 0 spiro atoms. The number of carbonyl (C=O) groups is 3. The second-order valence-corrected chi connectivity index (χ2v) is 14.1. The van der Waals surface area contributed by atoms with Crippen LogP contribution in [0.2, 0.25) is 0 Å². The van der Waals surface area contributed by atoms with E-state index in [0.29, 0.717) is 5.69 Å². The Kier molecular flexibility index (Phi) is 5.80. The summed E-state index contributed by atoms with van der Waals surface area (Å²) in [6.45, 7) is 6.37. The molecule has 41 heavy (non-hydrogen) atoms. The topological polar surface area (TPSA) is 69.7 Å². The first kappa shape index (κ1) is 26.4. The molecule has 4 bridgehead atoms. The molecule has 4 aliphatic carbocycles. The number of amides is 4. The van der Waals surface area contributed by atoms with E-state index in [1.807, 2.05) is 19.2 Å². The minimum Gasteiger partial charge on any atom is -0.369 e. The van der Waals surface area contributed by atoms with Crippen molar-refractivity contribution in [1.29, 1.82) is 0 Å². The number of hydrogen-bond donors (Lipinski definition) is 1. The summed E-state index contributed by atoms with van der Waals surface area (Å²) in [5.41, 5.74) is 3.45. The van der Waals surface area contributed by atoms with E-state index in [1.165, 1.54) is 56.2 Å². The molecule has 2 heterocycles. The first-order valence-electron chi connectivity index (χ1n) is 15.0. The van der Waals surface area contributed by atoms with Gasteiger partial charge in [-0.1, -0.05) is 19.1 Å². The predicted octanol–water partition coefficient (Wildman–Crippen LogP) is 6.68. The Labute approximate surface area is 241 Å². The lowest BCUT2D eigenvalue weighted by Crippen LogP contribution is -2.54. The van der Waals surface area contributed by atoms with E-state index < -0.39 is 23.7 Å². The SMILES string of the molecule is CC1CC(C)(C)N(C)c2cc(F)c(/C=C3/C(=O)NC(=O)N(c4ccc(C56CC7CC(CC(C7)C5)C6)cc4)C3=O)cc21. The average Bonchev–Trinajstić information content (AvgIpc) is 2.89. The van der Waals surface area contributed by atoms with Crippen molar-refractivity contribution < 1.29 is 18.8 Å². The Morgan fingerprint density at radius 1 is 0.927 bits per heavy atom. The maximum atomic E-state index is 15.4. The molecule has 6 nitrogen and oxygen atoms in total. The number of fused-ring (bicyclic) bond motifs is 1. The largest absolute Gasteiger partial charge is 0.369 e. The van der Waals surface area contributed by atoms with Crippen LogP contribution >= 0.6 is 0 Å². The minimum absolute atomic E-state index is 0.121. The van der Waals surface area contributed by atoms with Crippen LogP contribution in [0.25, 0.3) is 6.08 Å². The second kappa shape index (κ2) is 9.01. The van der Waals surface area contributed by atoms with Crippen molar-refractivity contribution in [2.45, 2.75) is 82.6 Å². The number of rotatable bonds is 3. The van der Waals surface area contributed by atoms with Crippen molar-refractivity contribution in [2.75, 3.05) is 16.8 Å². The standard InChI is InChI=1S/C34H38FN3O3/c1-19-15-33(2,3)37(4)29-14-28(35)23(12-26(19)29)13-27-30(39)36-32(41)38(31(27)40)25-7-5-24(6-8-25)34-16-20-9-21(17-34)11-22(10-20)18-34/h5-8,12-14,19-22H,9-11,15-18H2,1-4H3,(H,36,39,41)/b27-13-. The molecule has 214 valence electrons. The van der Waals surface area contributed by atoms with E-state index in [0.717, 1.165) is 40.3 Å². The lowest BCUT2D eigenvalue weighted by atomic mass is 9.48. The molecule has 4 saturated carbocycles. The number of benzene rings is 2. The molecular weight excluding hydrogens is 517 g/mol. The van der Waals surface area contributed by atoms with Crippen LogP contribution in [0.5, 0.6) is 0 Å². The molecular formula is C34H38FN3O3. The van der Waals surface area contributed by atoms with Crippen molar-refractivity contribution in [3.8, 4) is 0 Å². The van der Waals surface area contributed by atoms with Crippen molar-refractivity contribution in [1.82, 2.24) is 5.32 Å². The summed E-state index contributed by atoms with van der Waals surface area (Å²) < 4.78 is 15.4. The number of anilines is 2. The molecule has 2 aliphatic heterocycles. The number of nitrogens with zero attached hydrogens (tertiary/aromatic N) is 2. The van der Waals surface area contributed by atoms with Gasteiger partial charge in [-0.3, -0.25) is 14.9 Å². The van der Waals surface area contributed by atoms with Gasteiger partial charge in [-0.05, 0) is 129 Å². The van der Waals surface area contributed by atoms with E-state index in [4.69, 9.17) is 0 Å². The molecule has 7 heteroatoms. The zero-order chi connectivity index (χ0) is 28.8. The van der Waals surface area contributed by atoms with Crippen LogP contribution in [0.15, 0.2) is 42.0 Å². The summed E-state index contributed by atoms with van der Waals surface area (Å²) in [5.74, 6) is 0.538. The Morgan fingerprint density at radius 3 is 2.15 bits per heavy atom. The maximum absolute atomic E-state index is 15.4. The highest BCUT2D eigenvalue weighted by Gasteiger charge is 2.51. The third-order valence-electron chi connectivity index (χ3n) is 10.9. The fourth-order valence-corrected chi connectivity index (χ4v) is 9.19. The monoisotopic (exact) mass is 555 g/mol. The normalized spacial score (nSPS) is 32.9. The molecule has 6 aliphatic rings. The highest BCUT2D eigenvalue weighted by atomic mass is 19.1. The van der Waals surface area contributed by atoms with Gasteiger partial charge in [0.25, 0.3) is 11.8 Å². The summed E-state index contributed by atoms with van der Waals surface area (Å²) >= 11 is 0. The molecule has 2 aromatic carbocycles. The average molecular weight is 556 g/mol. The van der Waals surface area contributed by atoms with E-state index in [-0.39, 0.29) is 28.0 Å². The summed E-state index contributed by atoms with van der Waals surface area (Å²) in [6, 6.07) is 10.2. The molecule has 0 aromatic heterocycles. The van der Waals surface area contributed by atoms with Crippen LogP contribution < -0.4 is 15.1 Å². The lowest BCUT2D eigenvalue weighted by Gasteiger charge is -2.57. The zero-order valence-electron chi connectivity index (χ0n) is 24.3. The third kappa shape index (κ3) is 4.14. The van der Waals surface area contributed by atoms with Gasteiger partial charge in [-0.15, -0.1) is 0 Å². The summed E-state index contributed by atoms with van der Waals surface area (Å²) in [5, 5.41) is 2.29. The summed E-state index contributed by atoms with van der Waals surface area (Å²) in [4.78, 5) is 42.4. The van der Waals surface area contributed by atoms with Crippen LogP contribution in [0.3, 0.4) is 0 Å². The van der Waals surface area contributed by atoms with Crippen LogP contribution in [0.4, 0.5) is 20.6 Å². The predicted molar refractivity (Wildman–Crippen MR) is 157 cm³/mol. The first-order valence-corrected chi connectivity index (χ1v) is 15.0. The van der Waals surface area contributed by atoms with Gasteiger partial charge in [0.15, 0.2) is 0 Å². The van der Waals surface area contributed by atoms with Gasteiger partial charge in [0.1, 0.15) is 11.4 Å². The smallest absolute Gasteiger partial charge is 0.335 e. The number of carbonyl (C=O) groups excluding carboxylic acids is 3. The van der Waals surface area contributed by atoms with Crippen molar-refractivity contribution in [3.05, 3.63) is 64.5 Å². The van der Waals surface area contributed by atoms with Gasteiger partial charge in [-0.2, -0.15) is 0 Å². The Bertz CT molecular complexity index is 1470. The molecule has 2 aromatic rings. The van der Waals surface area contributed by atoms with E-state index >= 15 is 4.39 Å². The number of urea groups is 1. The maximum Gasteiger partial charge on any atom is 0.335 e. The molecule has 5 fully saturated rings. The fourth-order valence-electron chi connectivity index (χ4n) is 9.19. The van der Waals surface area contributed by atoms with Gasteiger partial charge in [0.05, 0.1) is 5.69 Å². The molecule has 1 atom stereocenters. The highest BCUT2D eigenvalue weighted by molar-refractivity contribution is 6.39. The molecule has 0 radical (unpaired) electrons. The molecule has 1 saturated heterocycles. The molecule has 1 N–H and O–H groups in total. The summed E-state index contributed by atoms with van der Waals surface area (Å²) in [6.07, 6.45) is 9.93. The lowest BCUT2D eigenvalue weighted by molar-refractivity contribution is -0.122. The van der Waals surface area contributed by atoms with Gasteiger partial charge in [0, 0.05) is 23.8 Å². The zero-order valence-corrected chi connectivity index (χ0v) is 24.3. The van der Waals surface area contributed by atoms with Gasteiger partial charge >= 0.3 is 6.03 Å². The number of hydrogen-bond acceptors (Lipinski definition) is 4. The van der Waals surface area contributed by atoms with Crippen molar-refractivity contribution in [3.63, 3.8) is 0 Å². The Morgan fingerprint density at radius 2 is 1.54 bits per heavy atom. The first-order chi connectivity index (χ1) is 19.4. The molecule has 8 rings (SSSR count). The van der Waals surface area contributed by atoms with Crippen LogP contribution in [-0.4, -0.2) is 30.4 Å². The van der Waals surface area contributed by atoms with Gasteiger partial charge < -0.3 is 4.90 Å². The second-order valence-electron chi connectivity index (χ2n) is 14.1. The van der Waals surface area contributed by atoms with Crippen LogP contribution in [0.1, 0.15) is 88.3 Å².